The van der Waals surface area contributed by atoms with E-state index in [1.165, 1.54) is 6.08 Å². The summed E-state index contributed by atoms with van der Waals surface area (Å²) in [5, 5.41) is 2.23. The number of ether oxygens (including phenoxy) is 1. The highest BCUT2D eigenvalue weighted by Gasteiger charge is 2.37. The van der Waals surface area contributed by atoms with Crippen molar-refractivity contribution in [3.63, 3.8) is 0 Å². The van der Waals surface area contributed by atoms with E-state index < -0.39 is 17.8 Å². The Morgan fingerprint density at radius 1 is 1.11 bits per heavy atom. The highest BCUT2D eigenvalue weighted by molar-refractivity contribution is 9.10. The van der Waals surface area contributed by atoms with E-state index in [1.807, 2.05) is 19.9 Å². The maximum atomic E-state index is 13.0. The van der Waals surface area contributed by atoms with Gasteiger partial charge in [0.2, 0.25) is 0 Å². The number of methoxy groups -OCH3 is 1. The summed E-state index contributed by atoms with van der Waals surface area (Å²) in [6.07, 6.45) is 1.45. The summed E-state index contributed by atoms with van der Waals surface area (Å²) in [6.45, 7) is 3.72. The average molecular weight is 429 g/mol. The minimum absolute atomic E-state index is 0.118. The van der Waals surface area contributed by atoms with Gasteiger partial charge >= 0.3 is 6.03 Å². The van der Waals surface area contributed by atoms with Gasteiger partial charge in [0.05, 0.1) is 17.3 Å². The molecule has 1 fully saturated rings. The Kier molecular flexibility index (Phi) is 5.14. The lowest BCUT2D eigenvalue weighted by Gasteiger charge is -2.28. The Balaban J connectivity index is 2.05. The maximum Gasteiger partial charge on any atom is 0.335 e. The predicted octanol–water partition coefficient (Wildman–Crippen LogP) is 3.74. The first kappa shape index (κ1) is 18.8. The summed E-state index contributed by atoms with van der Waals surface area (Å²) in [5.41, 5.74) is 2.69. The zero-order chi connectivity index (χ0) is 19.7. The second-order valence-electron chi connectivity index (χ2n) is 6.07. The fourth-order valence-corrected chi connectivity index (χ4v) is 3.35. The zero-order valence-corrected chi connectivity index (χ0v) is 16.6. The van der Waals surface area contributed by atoms with Crippen LogP contribution in [0.3, 0.4) is 0 Å². The summed E-state index contributed by atoms with van der Waals surface area (Å²) in [6, 6.07) is 9.74. The van der Waals surface area contributed by atoms with E-state index in [4.69, 9.17) is 4.74 Å². The van der Waals surface area contributed by atoms with Crippen LogP contribution in [0.15, 0.2) is 46.4 Å². The van der Waals surface area contributed by atoms with Crippen molar-refractivity contribution in [1.29, 1.82) is 0 Å². The van der Waals surface area contributed by atoms with Crippen molar-refractivity contribution in [3.05, 3.63) is 63.1 Å². The molecule has 27 heavy (non-hydrogen) atoms. The van der Waals surface area contributed by atoms with Crippen molar-refractivity contribution in [1.82, 2.24) is 5.32 Å². The molecule has 1 saturated heterocycles. The number of hydrogen-bond donors (Lipinski definition) is 1. The zero-order valence-electron chi connectivity index (χ0n) is 15.0. The number of carbonyl (C=O) groups is 3. The van der Waals surface area contributed by atoms with Crippen LogP contribution in [0, 0.1) is 13.8 Å². The third kappa shape index (κ3) is 3.50. The largest absolute Gasteiger partial charge is 0.496 e. The molecule has 7 heteroatoms. The second-order valence-corrected chi connectivity index (χ2v) is 6.93. The summed E-state index contributed by atoms with van der Waals surface area (Å²) in [7, 11) is 1.55. The Bertz CT molecular complexity index is 997. The number of nitrogens with zero attached hydrogens (tertiary/aromatic N) is 1. The number of carbonyl (C=O) groups excluding carboxylic acids is 3. The molecule has 0 aliphatic carbocycles. The number of halogens is 1. The van der Waals surface area contributed by atoms with Crippen LogP contribution in [0.4, 0.5) is 10.5 Å². The number of nitrogens with one attached hydrogen (secondary N) is 1. The first-order valence-electron chi connectivity index (χ1n) is 8.14. The number of amides is 4. The predicted molar refractivity (Wildman–Crippen MR) is 106 cm³/mol. The van der Waals surface area contributed by atoms with E-state index in [1.54, 1.807) is 37.4 Å². The SMILES string of the molecule is COc1ccc(/C=C2\C(=O)NC(=O)N(c3cccc(C)c3C)C2=O)cc1Br. The van der Waals surface area contributed by atoms with E-state index in [9.17, 15) is 14.4 Å². The molecule has 3 rings (SSSR count). The summed E-state index contributed by atoms with van der Waals surface area (Å²) in [5.74, 6) is -0.758. The smallest absolute Gasteiger partial charge is 0.335 e. The third-order valence-electron chi connectivity index (χ3n) is 4.41. The first-order chi connectivity index (χ1) is 12.8. The molecule has 6 nitrogen and oxygen atoms in total. The minimum Gasteiger partial charge on any atom is -0.496 e. The van der Waals surface area contributed by atoms with E-state index >= 15 is 0 Å². The highest BCUT2D eigenvalue weighted by Crippen LogP contribution is 2.29. The molecular formula is C20H17BrN2O4. The number of aryl methyl sites for hydroxylation is 1. The van der Waals surface area contributed by atoms with Crippen LogP contribution in [0.25, 0.3) is 6.08 Å². The second kappa shape index (κ2) is 7.36. The normalized spacial score (nSPS) is 15.9. The fraction of sp³-hybridized carbons (Fsp3) is 0.150. The number of hydrogen-bond acceptors (Lipinski definition) is 4. The molecule has 4 amide bonds. The average Bonchev–Trinajstić information content (AvgIpc) is 2.62. The molecule has 2 aromatic rings. The van der Waals surface area contributed by atoms with Gasteiger partial charge in [-0.1, -0.05) is 18.2 Å². The van der Waals surface area contributed by atoms with Gasteiger partial charge < -0.3 is 4.74 Å². The molecule has 0 spiro atoms. The lowest BCUT2D eigenvalue weighted by atomic mass is 10.0. The van der Waals surface area contributed by atoms with Gasteiger partial charge in [-0.2, -0.15) is 0 Å². The molecule has 1 heterocycles. The van der Waals surface area contributed by atoms with Crippen LogP contribution < -0.4 is 15.0 Å². The van der Waals surface area contributed by atoms with Crippen molar-refractivity contribution in [2.24, 2.45) is 0 Å². The molecule has 0 atom stereocenters. The molecule has 0 saturated carbocycles. The van der Waals surface area contributed by atoms with Crippen LogP contribution in [0.2, 0.25) is 0 Å². The van der Waals surface area contributed by atoms with Crippen molar-refractivity contribution in [3.8, 4) is 5.75 Å². The lowest BCUT2D eigenvalue weighted by Crippen LogP contribution is -2.54. The van der Waals surface area contributed by atoms with Crippen molar-refractivity contribution in [2.75, 3.05) is 12.0 Å². The standard InChI is InChI=1S/C20H17BrN2O4/c1-11-5-4-6-16(12(11)2)23-19(25)14(18(24)22-20(23)26)9-13-7-8-17(27-3)15(21)10-13/h4-10H,1-3H3,(H,22,24,26)/b14-9+. The third-order valence-corrected chi connectivity index (χ3v) is 5.03. The Labute approximate surface area is 164 Å². The topological polar surface area (TPSA) is 75.7 Å². The van der Waals surface area contributed by atoms with Crippen molar-refractivity contribution < 1.29 is 19.1 Å². The van der Waals surface area contributed by atoms with Crippen LogP contribution >= 0.6 is 15.9 Å². The van der Waals surface area contributed by atoms with Gasteiger partial charge in [0.1, 0.15) is 11.3 Å². The molecule has 0 unspecified atom stereocenters. The summed E-state index contributed by atoms with van der Waals surface area (Å²) in [4.78, 5) is 38.6. The molecule has 0 aromatic heterocycles. The Morgan fingerprint density at radius 3 is 2.52 bits per heavy atom. The quantitative estimate of drug-likeness (QED) is 0.596. The van der Waals surface area contributed by atoms with Crippen LogP contribution in [0.1, 0.15) is 16.7 Å². The Hall–Kier alpha value is -2.93. The molecule has 0 radical (unpaired) electrons. The Morgan fingerprint density at radius 2 is 1.85 bits per heavy atom. The van der Waals surface area contributed by atoms with E-state index in [-0.39, 0.29) is 5.57 Å². The first-order valence-corrected chi connectivity index (χ1v) is 8.94. The minimum atomic E-state index is -0.758. The van der Waals surface area contributed by atoms with Crippen molar-refractivity contribution in [2.45, 2.75) is 13.8 Å². The van der Waals surface area contributed by atoms with Gasteiger partial charge in [-0.15, -0.1) is 0 Å². The van der Waals surface area contributed by atoms with Gasteiger partial charge in [-0.05, 0) is 70.7 Å². The summed E-state index contributed by atoms with van der Waals surface area (Å²) >= 11 is 3.37. The van der Waals surface area contributed by atoms with Gasteiger partial charge in [0.25, 0.3) is 11.8 Å². The molecule has 1 aliphatic rings. The number of benzene rings is 2. The van der Waals surface area contributed by atoms with E-state index in [0.29, 0.717) is 21.5 Å². The van der Waals surface area contributed by atoms with Gasteiger partial charge in [0.15, 0.2) is 0 Å². The van der Waals surface area contributed by atoms with Crippen LogP contribution in [0.5, 0.6) is 5.75 Å². The molecule has 1 N–H and O–H groups in total. The highest BCUT2D eigenvalue weighted by atomic mass is 79.9. The number of imide groups is 2. The van der Waals surface area contributed by atoms with E-state index in [2.05, 4.69) is 21.2 Å². The number of barbiturate groups is 1. The van der Waals surface area contributed by atoms with Crippen molar-refractivity contribution >= 4 is 45.5 Å². The molecular weight excluding hydrogens is 412 g/mol. The van der Waals surface area contributed by atoms with E-state index in [0.717, 1.165) is 16.0 Å². The summed E-state index contributed by atoms with van der Waals surface area (Å²) < 4.78 is 5.86. The maximum absolute atomic E-state index is 13.0. The molecule has 0 bridgehead atoms. The lowest BCUT2D eigenvalue weighted by molar-refractivity contribution is -0.122. The monoisotopic (exact) mass is 428 g/mol. The fourth-order valence-electron chi connectivity index (χ4n) is 2.79. The molecule has 1 aliphatic heterocycles. The van der Waals surface area contributed by atoms with Gasteiger partial charge in [0, 0.05) is 0 Å². The van der Waals surface area contributed by atoms with Crippen LogP contribution in [-0.4, -0.2) is 25.0 Å². The van der Waals surface area contributed by atoms with Gasteiger partial charge in [-0.25, -0.2) is 9.69 Å². The molecule has 2 aromatic carbocycles. The molecule has 138 valence electrons. The van der Waals surface area contributed by atoms with Gasteiger partial charge in [-0.3, -0.25) is 14.9 Å². The number of anilines is 1. The number of urea groups is 1. The number of rotatable bonds is 3. The van der Waals surface area contributed by atoms with Crippen LogP contribution in [-0.2, 0) is 9.59 Å².